The number of amidine groups is 1. The Labute approximate surface area is 157 Å². The Balaban J connectivity index is 0.000000765. The fourth-order valence-electron chi connectivity index (χ4n) is 3.25. The first kappa shape index (κ1) is 22.4. The molecular weight excluding hydrogens is 330 g/mol. The van der Waals surface area contributed by atoms with Gasteiger partial charge in [0.2, 0.25) is 0 Å². The van der Waals surface area contributed by atoms with Gasteiger partial charge >= 0.3 is 5.97 Å². The van der Waals surface area contributed by atoms with Gasteiger partial charge in [-0.05, 0) is 44.6 Å². The van der Waals surface area contributed by atoms with Crippen molar-refractivity contribution in [1.82, 2.24) is 5.32 Å². The fraction of sp³-hybridized carbons (Fsp3) is 0.750. The SMILES string of the molecule is C/C(C(=O)O)=C(/C1=NC(C)(C(C)C)C(=O)N1)C1CCCCC1.CC(C)N. The van der Waals surface area contributed by atoms with E-state index in [4.69, 9.17) is 5.73 Å². The zero-order valence-corrected chi connectivity index (χ0v) is 17.1. The predicted octanol–water partition coefficient (Wildman–Crippen LogP) is 3.26. The number of carboxylic acids is 1. The van der Waals surface area contributed by atoms with Crippen LogP contribution in [-0.2, 0) is 9.59 Å². The summed E-state index contributed by atoms with van der Waals surface area (Å²) < 4.78 is 0. The highest BCUT2D eigenvalue weighted by atomic mass is 16.4. The van der Waals surface area contributed by atoms with Gasteiger partial charge in [-0.3, -0.25) is 9.79 Å². The molecule has 1 unspecified atom stereocenters. The smallest absolute Gasteiger partial charge is 0.331 e. The van der Waals surface area contributed by atoms with E-state index in [9.17, 15) is 14.7 Å². The van der Waals surface area contributed by atoms with Gasteiger partial charge in [0, 0.05) is 11.1 Å². The number of hydrogen-bond donors (Lipinski definition) is 3. The molecule has 2 aliphatic rings. The molecule has 1 saturated carbocycles. The summed E-state index contributed by atoms with van der Waals surface area (Å²) in [5.41, 5.74) is 5.33. The van der Waals surface area contributed by atoms with Gasteiger partial charge in [-0.2, -0.15) is 0 Å². The molecule has 0 aromatic rings. The van der Waals surface area contributed by atoms with Crippen molar-refractivity contribution in [3.05, 3.63) is 11.1 Å². The predicted molar refractivity (Wildman–Crippen MR) is 105 cm³/mol. The summed E-state index contributed by atoms with van der Waals surface area (Å²) in [5.74, 6) is -0.353. The second-order valence-electron chi connectivity index (χ2n) is 8.14. The summed E-state index contributed by atoms with van der Waals surface area (Å²) in [5, 5.41) is 12.3. The Kier molecular flexibility index (Phi) is 8.00. The van der Waals surface area contributed by atoms with Crippen molar-refractivity contribution in [3.63, 3.8) is 0 Å². The first-order valence-corrected chi connectivity index (χ1v) is 9.62. The van der Waals surface area contributed by atoms with Gasteiger partial charge in [0.05, 0.1) is 0 Å². The summed E-state index contributed by atoms with van der Waals surface area (Å²) in [4.78, 5) is 28.4. The van der Waals surface area contributed by atoms with Gasteiger partial charge in [0.25, 0.3) is 5.91 Å². The van der Waals surface area contributed by atoms with Crippen molar-refractivity contribution >= 4 is 17.7 Å². The molecule has 1 fully saturated rings. The van der Waals surface area contributed by atoms with Gasteiger partial charge < -0.3 is 16.2 Å². The molecule has 0 aromatic carbocycles. The first-order valence-electron chi connectivity index (χ1n) is 9.62. The Morgan fingerprint density at radius 1 is 1.23 bits per heavy atom. The molecule has 0 bridgehead atoms. The van der Waals surface area contributed by atoms with Crippen molar-refractivity contribution in [3.8, 4) is 0 Å². The molecule has 6 nitrogen and oxygen atoms in total. The van der Waals surface area contributed by atoms with Crippen LogP contribution < -0.4 is 11.1 Å². The van der Waals surface area contributed by atoms with Crippen molar-refractivity contribution in [2.75, 3.05) is 0 Å². The van der Waals surface area contributed by atoms with E-state index in [2.05, 4.69) is 10.3 Å². The van der Waals surface area contributed by atoms with Crippen LogP contribution in [0.1, 0.15) is 73.6 Å². The van der Waals surface area contributed by atoms with Crippen LogP contribution >= 0.6 is 0 Å². The molecule has 1 atom stereocenters. The van der Waals surface area contributed by atoms with Crippen LogP contribution in [0.4, 0.5) is 0 Å². The quantitative estimate of drug-likeness (QED) is 0.665. The zero-order chi connectivity index (χ0) is 20.1. The molecule has 0 saturated heterocycles. The molecule has 0 spiro atoms. The molecule has 0 aromatic heterocycles. The summed E-state index contributed by atoms with van der Waals surface area (Å²) in [6, 6.07) is 0.333. The molecule has 1 heterocycles. The second kappa shape index (κ2) is 9.31. The number of aliphatic carboxylic acids is 1. The summed E-state index contributed by atoms with van der Waals surface area (Å²) in [7, 11) is 0. The summed E-state index contributed by atoms with van der Waals surface area (Å²) in [6.07, 6.45) is 5.33. The lowest BCUT2D eigenvalue weighted by Gasteiger charge is -2.25. The Bertz CT molecular complexity index is 584. The minimum absolute atomic E-state index is 0.0581. The number of carbonyl (C=O) groups is 2. The fourth-order valence-corrected chi connectivity index (χ4v) is 3.25. The summed E-state index contributed by atoms with van der Waals surface area (Å²) in [6.45, 7) is 11.2. The molecule has 1 amide bonds. The second-order valence-corrected chi connectivity index (χ2v) is 8.14. The van der Waals surface area contributed by atoms with Crippen molar-refractivity contribution in [2.45, 2.75) is 85.2 Å². The number of nitrogens with one attached hydrogen (secondary N) is 1. The highest BCUT2D eigenvalue weighted by Gasteiger charge is 2.43. The Hall–Kier alpha value is -1.69. The highest BCUT2D eigenvalue weighted by Crippen LogP contribution is 2.35. The van der Waals surface area contributed by atoms with Crippen LogP contribution in [-0.4, -0.2) is 34.4 Å². The van der Waals surface area contributed by atoms with Crippen molar-refractivity contribution < 1.29 is 14.7 Å². The third-order valence-electron chi connectivity index (χ3n) is 5.15. The van der Waals surface area contributed by atoms with Crippen molar-refractivity contribution in [1.29, 1.82) is 0 Å². The largest absolute Gasteiger partial charge is 0.478 e. The highest BCUT2D eigenvalue weighted by molar-refractivity contribution is 6.17. The molecule has 148 valence electrons. The number of amides is 1. The lowest BCUT2D eigenvalue weighted by atomic mass is 9.81. The van der Waals surface area contributed by atoms with Gasteiger partial charge in [0.1, 0.15) is 11.4 Å². The van der Waals surface area contributed by atoms with Crippen LogP contribution in [0.25, 0.3) is 0 Å². The van der Waals surface area contributed by atoms with E-state index in [1.165, 1.54) is 6.42 Å². The number of hydrogen-bond acceptors (Lipinski definition) is 4. The maximum atomic E-state index is 12.3. The minimum Gasteiger partial charge on any atom is -0.478 e. The minimum atomic E-state index is -0.935. The number of carboxylic acid groups (broad SMARTS) is 1. The lowest BCUT2D eigenvalue weighted by Crippen LogP contribution is -2.41. The standard InChI is InChI=1S/C17H26N2O3.C3H9N/c1-10(2)17(4)16(22)18-14(19-17)13(11(3)15(20)21)12-8-6-5-7-9-12;1-3(2)4/h10,12H,5-9H2,1-4H3,(H,20,21)(H,18,19,22);3H,4H2,1-2H3/b13-11-;. The Morgan fingerprint density at radius 2 is 1.73 bits per heavy atom. The number of rotatable bonds is 4. The van der Waals surface area contributed by atoms with Gasteiger partial charge in [-0.1, -0.05) is 47.0 Å². The van der Waals surface area contributed by atoms with Gasteiger partial charge in [-0.25, -0.2) is 4.79 Å². The lowest BCUT2D eigenvalue weighted by molar-refractivity contribution is -0.132. The molecule has 26 heavy (non-hydrogen) atoms. The maximum Gasteiger partial charge on any atom is 0.331 e. The Morgan fingerprint density at radius 3 is 2.12 bits per heavy atom. The topological polar surface area (TPSA) is 105 Å². The van der Waals surface area contributed by atoms with E-state index < -0.39 is 11.5 Å². The van der Waals surface area contributed by atoms with E-state index in [1.54, 1.807) is 6.92 Å². The van der Waals surface area contributed by atoms with E-state index in [-0.39, 0.29) is 17.7 Å². The van der Waals surface area contributed by atoms with E-state index in [1.807, 2.05) is 34.6 Å². The van der Waals surface area contributed by atoms with E-state index >= 15 is 0 Å². The molecule has 0 radical (unpaired) electrons. The van der Waals surface area contributed by atoms with Crippen LogP contribution in [0.3, 0.4) is 0 Å². The van der Waals surface area contributed by atoms with Crippen LogP contribution in [0, 0.1) is 11.8 Å². The number of nitrogens with zero attached hydrogens (tertiary/aromatic N) is 1. The maximum absolute atomic E-state index is 12.3. The third kappa shape index (κ3) is 5.40. The molecular formula is C20H35N3O3. The summed E-state index contributed by atoms with van der Waals surface area (Å²) >= 11 is 0. The van der Waals surface area contributed by atoms with E-state index in [0.29, 0.717) is 17.5 Å². The molecule has 4 N–H and O–H groups in total. The van der Waals surface area contributed by atoms with Gasteiger partial charge in [-0.15, -0.1) is 0 Å². The third-order valence-corrected chi connectivity index (χ3v) is 5.15. The van der Waals surface area contributed by atoms with Gasteiger partial charge in [0.15, 0.2) is 0 Å². The van der Waals surface area contributed by atoms with Crippen LogP contribution in [0.15, 0.2) is 16.1 Å². The van der Waals surface area contributed by atoms with Crippen LogP contribution in [0.2, 0.25) is 0 Å². The number of carbonyl (C=O) groups excluding carboxylic acids is 1. The zero-order valence-electron chi connectivity index (χ0n) is 17.1. The first-order chi connectivity index (χ1) is 12.0. The molecule has 6 heteroatoms. The number of aliphatic imine (C=N–C) groups is 1. The molecule has 1 aliphatic heterocycles. The van der Waals surface area contributed by atoms with Crippen molar-refractivity contribution in [2.24, 2.45) is 22.6 Å². The average Bonchev–Trinajstić information content (AvgIpc) is 2.84. The molecule has 2 rings (SSSR count). The van der Waals surface area contributed by atoms with Crippen LogP contribution in [0.5, 0.6) is 0 Å². The molecule has 1 aliphatic carbocycles. The average molecular weight is 366 g/mol. The number of nitrogens with two attached hydrogens (primary N) is 1. The van der Waals surface area contributed by atoms with E-state index in [0.717, 1.165) is 31.3 Å². The normalized spacial score (nSPS) is 24.7. The monoisotopic (exact) mass is 365 g/mol.